The SMILES string of the molecule is CNC(=O)c1cc(NC(=O)C2CCCO2)ccn1. The summed E-state index contributed by atoms with van der Waals surface area (Å²) in [4.78, 5) is 27.1. The van der Waals surface area contributed by atoms with Crippen molar-refractivity contribution >= 4 is 17.5 Å². The van der Waals surface area contributed by atoms with E-state index in [4.69, 9.17) is 4.74 Å². The molecule has 1 aliphatic heterocycles. The van der Waals surface area contributed by atoms with Crippen molar-refractivity contribution < 1.29 is 14.3 Å². The first kappa shape index (κ1) is 12.5. The largest absolute Gasteiger partial charge is 0.368 e. The summed E-state index contributed by atoms with van der Waals surface area (Å²) in [5, 5.41) is 5.20. The van der Waals surface area contributed by atoms with E-state index in [9.17, 15) is 9.59 Å². The quantitative estimate of drug-likeness (QED) is 0.820. The molecule has 2 heterocycles. The lowest BCUT2D eigenvalue weighted by molar-refractivity contribution is -0.124. The van der Waals surface area contributed by atoms with Crippen LogP contribution in [0.4, 0.5) is 5.69 Å². The molecule has 96 valence electrons. The van der Waals surface area contributed by atoms with Gasteiger partial charge >= 0.3 is 0 Å². The summed E-state index contributed by atoms with van der Waals surface area (Å²) in [6.07, 6.45) is 2.73. The van der Waals surface area contributed by atoms with Crippen molar-refractivity contribution in [3.63, 3.8) is 0 Å². The van der Waals surface area contributed by atoms with Crippen LogP contribution in [0.25, 0.3) is 0 Å². The Kier molecular flexibility index (Phi) is 3.88. The number of nitrogens with zero attached hydrogens (tertiary/aromatic N) is 1. The van der Waals surface area contributed by atoms with E-state index in [1.165, 1.54) is 19.3 Å². The lowest BCUT2D eigenvalue weighted by Crippen LogP contribution is -2.27. The van der Waals surface area contributed by atoms with Crippen LogP contribution in [0.3, 0.4) is 0 Å². The molecule has 6 nitrogen and oxygen atoms in total. The molecule has 1 unspecified atom stereocenters. The van der Waals surface area contributed by atoms with Gasteiger partial charge in [0.15, 0.2) is 0 Å². The van der Waals surface area contributed by atoms with Crippen LogP contribution in [0.5, 0.6) is 0 Å². The van der Waals surface area contributed by atoms with Gasteiger partial charge in [0, 0.05) is 25.5 Å². The fourth-order valence-electron chi connectivity index (χ4n) is 1.77. The number of hydrogen-bond donors (Lipinski definition) is 2. The van der Waals surface area contributed by atoms with Gasteiger partial charge in [0.05, 0.1) is 0 Å². The predicted octanol–water partition coefficient (Wildman–Crippen LogP) is 0.559. The van der Waals surface area contributed by atoms with Gasteiger partial charge in [0.1, 0.15) is 11.8 Å². The molecule has 2 amide bonds. The van der Waals surface area contributed by atoms with Gasteiger partial charge in [-0.2, -0.15) is 0 Å². The summed E-state index contributed by atoms with van der Waals surface area (Å²) in [6.45, 7) is 0.623. The van der Waals surface area contributed by atoms with E-state index < -0.39 is 0 Å². The summed E-state index contributed by atoms with van der Waals surface area (Å²) in [6, 6.07) is 3.17. The molecule has 0 bridgehead atoms. The number of pyridine rings is 1. The predicted molar refractivity (Wildman–Crippen MR) is 65.2 cm³/mol. The highest BCUT2D eigenvalue weighted by atomic mass is 16.5. The number of rotatable bonds is 3. The minimum Gasteiger partial charge on any atom is -0.368 e. The van der Waals surface area contributed by atoms with E-state index in [1.807, 2.05) is 0 Å². The van der Waals surface area contributed by atoms with Crippen molar-refractivity contribution in [2.45, 2.75) is 18.9 Å². The molecule has 1 fully saturated rings. The van der Waals surface area contributed by atoms with Gasteiger partial charge < -0.3 is 15.4 Å². The van der Waals surface area contributed by atoms with Crippen LogP contribution in [-0.4, -0.2) is 36.6 Å². The number of hydrogen-bond acceptors (Lipinski definition) is 4. The Labute approximate surface area is 105 Å². The minimum atomic E-state index is -0.387. The maximum Gasteiger partial charge on any atom is 0.269 e. The zero-order valence-electron chi connectivity index (χ0n) is 10.1. The van der Waals surface area contributed by atoms with Crippen LogP contribution >= 0.6 is 0 Å². The molecule has 18 heavy (non-hydrogen) atoms. The van der Waals surface area contributed by atoms with Crippen molar-refractivity contribution in [1.82, 2.24) is 10.3 Å². The first-order valence-electron chi connectivity index (χ1n) is 5.81. The number of anilines is 1. The second-order valence-electron chi connectivity index (χ2n) is 4.00. The van der Waals surface area contributed by atoms with E-state index in [-0.39, 0.29) is 23.6 Å². The third-order valence-corrected chi connectivity index (χ3v) is 2.71. The van der Waals surface area contributed by atoms with E-state index >= 15 is 0 Å². The van der Waals surface area contributed by atoms with Crippen LogP contribution in [-0.2, 0) is 9.53 Å². The average molecular weight is 249 g/mol. The Balaban J connectivity index is 2.04. The van der Waals surface area contributed by atoms with Crippen molar-refractivity contribution in [2.75, 3.05) is 19.0 Å². The van der Waals surface area contributed by atoms with Gasteiger partial charge in [-0.1, -0.05) is 0 Å². The highest BCUT2D eigenvalue weighted by molar-refractivity contribution is 5.97. The average Bonchev–Trinajstić information content (AvgIpc) is 2.92. The molecule has 0 radical (unpaired) electrons. The monoisotopic (exact) mass is 249 g/mol. The summed E-state index contributed by atoms with van der Waals surface area (Å²) < 4.78 is 5.28. The van der Waals surface area contributed by atoms with Gasteiger partial charge in [0.25, 0.3) is 11.8 Å². The van der Waals surface area contributed by atoms with E-state index in [0.717, 1.165) is 12.8 Å². The first-order valence-corrected chi connectivity index (χ1v) is 5.81. The Bertz CT molecular complexity index is 456. The number of ether oxygens (including phenoxy) is 1. The van der Waals surface area contributed by atoms with Crippen molar-refractivity contribution in [1.29, 1.82) is 0 Å². The van der Waals surface area contributed by atoms with E-state index in [1.54, 1.807) is 6.07 Å². The standard InChI is InChI=1S/C12H15N3O3/c1-13-11(16)9-7-8(4-5-14-9)15-12(17)10-3-2-6-18-10/h4-5,7,10H,2-3,6H2,1H3,(H,13,16)(H,14,15,17). The maximum absolute atomic E-state index is 11.8. The molecule has 0 spiro atoms. The van der Waals surface area contributed by atoms with Crippen LogP contribution < -0.4 is 10.6 Å². The van der Waals surface area contributed by atoms with Crippen molar-refractivity contribution in [3.05, 3.63) is 24.0 Å². The molecular formula is C12H15N3O3. The van der Waals surface area contributed by atoms with Crippen LogP contribution in [0, 0.1) is 0 Å². The molecule has 1 saturated heterocycles. The van der Waals surface area contributed by atoms with Crippen LogP contribution in [0.2, 0.25) is 0 Å². The number of aromatic nitrogens is 1. The van der Waals surface area contributed by atoms with Gasteiger partial charge in [-0.15, -0.1) is 0 Å². The normalized spacial score (nSPS) is 18.4. The van der Waals surface area contributed by atoms with Gasteiger partial charge in [-0.25, -0.2) is 0 Å². The van der Waals surface area contributed by atoms with Gasteiger partial charge in [-0.05, 0) is 25.0 Å². The fraction of sp³-hybridized carbons (Fsp3) is 0.417. The molecule has 1 aromatic rings. The number of carbonyl (C=O) groups is 2. The lowest BCUT2D eigenvalue weighted by atomic mass is 10.2. The molecule has 6 heteroatoms. The zero-order chi connectivity index (χ0) is 13.0. The summed E-state index contributed by atoms with van der Waals surface area (Å²) in [5.41, 5.74) is 0.812. The molecule has 2 N–H and O–H groups in total. The number of carbonyl (C=O) groups excluding carboxylic acids is 2. The van der Waals surface area contributed by atoms with Crippen LogP contribution in [0.15, 0.2) is 18.3 Å². The third-order valence-electron chi connectivity index (χ3n) is 2.71. The molecule has 1 atom stereocenters. The lowest BCUT2D eigenvalue weighted by Gasteiger charge is -2.10. The zero-order valence-corrected chi connectivity index (χ0v) is 10.1. The van der Waals surface area contributed by atoms with E-state index in [0.29, 0.717) is 12.3 Å². The fourth-order valence-corrected chi connectivity index (χ4v) is 1.77. The molecule has 0 aliphatic carbocycles. The summed E-state index contributed by atoms with van der Waals surface area (Å²) in [7, 11) is 1.53. The molecule has 0 aromatic carbocycles. The first-order chi connectivity index (χ1) is 8.70. The Morgan fingerprint density at radius 2 is 2.33 bits per heavy atom. The van der Waals surface area contributed by atoms with Crippen molar-refractivity contribution in [3.8, 4) is 0 Å². The smallest absolute Gasteiger partial charge is 0.269 e. The van der Waals surface area contributed by atoms with E-state index in [2.05, 4.69) is 15.6 Å². The Hall–Kier alpha value is -1.95. The highest BCUT2D eigenvalue weighted by Crippen LogP contribution is 2.15. The van der Waals surface area contributed by atoms with Crippen LogP contribution in [0.1, 0.15) is 23.3 Å². The topological polar surface area (TPSA) is 80.3 Å². The highest BCUT2D eigenvalue weighted by Gasteiger charge is 2.23. The van der Waals surface area contributed by atoms with Gasteiger partial charge in [-0.3, -0.25) is 14.6 Å². The number of amides is 2. The second kappa shape index (κ2) is 5.59. The van der Waals surface area contributed by atoms with Crippen molar-refractivity contribution in [2.24, 2.45) is 0 Å². The van der Waals surface area contributed by atoms with Gasteiger partial charge in [0.2, 0.25) is 0 Å². The molecular weight excluding hydrogens is 234 g/mol. The maximum atomic E-state index is 11.8. The summed E-state index contributed by atoms with van der Waals surface area (Å²) in [5.74, 6) is -0.468. The Morgan fingerprint density at radius 3 is 3.00 bits per heavy atom. The number of nitrogens with one attached hydrogen (secondary N) is 2. The molecule has 1 aliphatic rings. The second-order valence-corrected chi connectivity index (χ2v) is 4.00. The summed E-state index contributed by atoms with van der Waals surface area (Å²) >= 11 is 0. The molecule has 2 rings (SSSR count). The minimum absolute atomic E-state index is 0.179. The Morgan fingerprint density at radius 1 is 1.50 bits per heavy atom. The third kappa shape index (κ3) is 2.84. The molecule has 1 aromatic heterocycles. The molecule has 0 saturated carbocycles.